The van der Waals surface area contributed by atoms with Crippen LogP contribution < -0.4 is 10.6 Å². The maximum Gasteiger partial charge on any atom is 0.251 e. The molecular formula is C19H28N2O. The van der Waals surface area contributed by atoms with Crippen LogP contribution in [-0.2, 0) is 0 Å². The molecule has 1 aromatic rings. The quantitative estimate of drug-likeness (QED) is 0.895. The lowest BCUT2D eigenvalue weighted by Crippen LogP contribution is -2.29. The fraction of sp³-hybridized carbons (Fsp3) is 0.632. The Morgan fingerprint density at radius 3 is 2.59 bits per heavy atom. The second-order valence-corrected chi connectivity index (χ2v) is 7.02. The summed E-state index contributed by atoms with van der Waals surface area (Å²) in [4.78, 5) is 12.5. The van der Waals surface area contributed by atoms with Crippen molar-refractivity contribution in [1.29, 1.82) is 0 Å². The van der Waals surface area contributed by atoms with Crippen LogP contribution in [0.25, 0.3) is 0 Å². The summed E-state index contributed by atoms with van der Waals surface area (Å²) in [5, 5.41) is 6.56. The average molecular weight is 300 g/mol. The number of aryl methyl sites for hydroxylation is 1. The van der Waals surface area contributed by atoms with Gasteiger partial charge in [-0.3, -0.25) is 4.79 Å². The Kier molecular flexibility index (Phi) is 5.14. The van der Waals surface area contributed by atoms with Gasteiger partial charge in [-0.2, -0.15) is 0 Å². The van der Waals surface area contributed by atoms with Crippen molar-refractivity contribution in [3.8, 4) is 0 Å². The zero-order valence-electron chi connectivity index (χ0n) is 13.7. The third-order valence-corrected chi connectivity index (χ3v) is 5.20. The van der Waals surface area contributed by atoms with Gasteiger partial charge in [0.05, 0.1) is 0 Å². The summed E-state index contributed by atoms with van der Waals surface area (Å²) in [5.74, 6) is 1.39. The normalized spacial score (nSPS) is 20.2. The Balaban J connectivity index is 1.66. The first-order valence-electron chi connectivity index (χ1n) is 8.83. The van der Waals surface area contributed by atoms with Gasteiger partial charge in [-0.1, -0.05) is 24.5 Å². The van der Waals surface area contributed by atoms with Gasteiger partial charge in [0.2, 0.25) is 0 Å². The first-order valence-corrected chi connectivity index (χ1v) is 8.83. The lowest BCUT2D eigenvalue weighted by atomic mass is 9.88. The smallest absolute Gasteiger partial charge is 0.251 e. The number of carbonyl (C=O) groups excluding carboxylic acids is 1. The van der Waals surface area contributed by atoms with E-state index in [2.05, 4.69) is 29.7 Å². The number of piperidine rings is 1. The maximum atomic E-state index is 12.5. The van der Waals surface area contributed by atoms with E-state index in [0.29, 0.717) is 11.8 Å². The van der Waals surface area contributed by atoms with Crippen molar-refractivity contribution in [2.24, 2.45) is 5.92 Å². The Labute approximate surface area is 133 Å². The van der Waals surface area contributed by atoms with Crippen molar-refractivity contribution in [3.05, 3.63) is 34.9 Å². The highest BCUT2D eigenvalue weighted by atomic mass is 16.1. The molecule has 2 N–H and O–H groups in total. The molecule has 1 amide bonds. The molecule has 2 fully saturated rings. The molecule has 2 aliphatic rings. The molecule has 0 atom stereocenters. The summed E-state index contributed by atoms with van der Waals surface area (Å²) in [6.07, 6.45) is 7.54. The van der Waals surface area contributed by atoms with Gasteiger partial charge in [0.1, 0.15) is 0 Å². The number of hydrogen-bond acceptors (Lipinski definition) is 2. The van der Waals surface area contributed by atoms with E-state index in [4.69, 9.17) is 0 Å². The van der Waals surface area contributed by atoms with Crippen LogP contribution in [-0.4, -0.2) is 25.5 Å². The Morgan fingerprint density at radius 2 is 1.86 bits per heavy atom. The molecule has 1 aliphatic carbocycles. The first-order chi connectivity index (χ1) is 10.7. The van der Waals surface area contributed by atoms with E-state index < -0.39 is 0 Å². The minimum absolute atomic E-state index is 0.103. The molecule has 0 radical (unpaired) electrons. The number of hydrogen-bond donors (Lipinski definition) is 2. The zero-order chi connectivity index (χ0) is 15.4. The van der Waals surface area contributed by atoms with Gasteiger partial charge >= 0.3 is 0 Å². The van der Waals surface area contributed by atoms with Crippen LogP contribution in [0.3, 0.4) is 0 Å². The first kappa shape index (κ1) is 15.5. The van der Waals surface area contributed by atoms with Crippen molar-refractivity contribution in [2.45, 2.75) is 51.4 Å². The van der Waals surface area contributed by atoms with Gasteiger partial charge in [0.25, 0.3) is 5.91 Å². The highest BCUT2D eigenvalue weighted by molar-refractivity contribution is 5.94. The molecule has 1 heterocycles. The molecule has 3 heteroatoms. The van der Waals surface area contributed by atoms with Crippen LogP contribution in [0.15, 0.2) is 18.2 Å². The number of rotatable bonds is 4. The van der Waals surface area contributed by atoms with Crippen molar-refractivity contribution in [2.75, 3.05) is 19.6 Å². The topological polar surface area (TPSA) is 41.1 Å². The van der Waals surface area contributed by atoms with E-state index in [1.807, 2.05) is 6.07 Å². The fourth-order valence-corrected chi connectivity index (χ4v) is 3.89. The second-order valence-electron chi connectivity index (χ2n) is 7.02. The maximum absolute atomic E-state index is 12.5. The van der Waals surface area contributed by atoms with Crippen LogP contribution in [0.5, 0.6) is 0 Å². The molecule has 1 aliphatic heterocycles. The van der Waals surface area contributed by atoms with E-state index in [-0.39, 0.29) is 5.91 Å². The molecule has 0 bridgehead atoms. The summed E-state index contributed by atoms with van der Waals surface area (Å²) in [6, 6.07) is 6.39. The standard InChI is InChI=1S/C19H28N2O/c1-14-10-17(16-6-8-20-9-7-16)12-18(11-14)19(22)21-13-15-4-2-3-5-15/h10-12,15-16,20H,2-9,13H2,1H3,(H,21,22). The molecule has 1 saturated carbocycles. The van der Waals surface area contributed by atoms with Crippen molar-refractivity contribution >= 4 is 5.91 Å². The molecule has 1 saturated heterocycles. The van der Waals surface area contributed by atoms with E-state index in [1.54, 1.807) is 0 Å². The van der Waals surface area contributed by atoms with Gasteiger partial charge in [0, 0.05) is 12.1 Å². The molecular weight excluding hydrogens is 272 g/mol. The van der Waals surface area contributed by atoms with Crippen LogP contribution in [0.4, 0.5) is 0 Å². The van der Waals surface area contributed by atoms with Gasteiger partial charge < -0.3 is 10.6 Å². The Morgan fingerprint density at radius 1 is 1.14 bits per heavy atom. The highest BCUT2D eigenvalue weighted by Gasteiger charge is 2.19. The molecule has 1 aromatic carbocycles. The van der Waals surface area contributed by atoms with Gasteiger partial charge in [0.15, 0.2) is 0 Å². The summed E-state index contributed by atoms with van der Waals surface area (Å²) in [7, 11) is 0. The molecule has 3 nitrogen and oxygen atoms in total. The van der Waals surface area contributed by atoms with Gasteiger partial charge in [-0.05, 0) is 75.2 Å². The number of amides is 1. The van der Waals surface area contributed by atoms with Crippen molar-refractivity contribution in [3.63, 3.8) is 0 Å². The van der Waals surface area contributed by atoms with Crippen LogP contribution >= 0.6 is 0 Å². The average Bonchev–Trinajstić information content (AvgIpc) is 3.06. The minimum atomic E-state index is 0.103. The van der Waals surface area contributed by atoms with E-state index in [1.165, 1.54) is 49.7 Å². The molecule has 120 valence electrons. The monoisotopic (exact) mass is 300 g/mol. The third kappa shape index (κ3) is 3.89. The van der Waals surface area contributed by atoms with E-state index in [0.717, 1.165) is 25.2 Å². The largest absolute Gasteiger partial charge is 0.352 e. The summed E-state index contributed by atoms with van der Waals surface area (Å²) < 4.78 is 0. The number of nitrogens with one attached hydrogen (secondary N) is 2. The summed E-state index contributed by atoms with van der Waals surface area (Å²) in [5.41, 5.74) is 3.38. The SMILES string of the molecule is Cc1cc(C(=O)NCC2CCCC2)cc(C2CCNCC2)c1. The fourth-order valence-electron chi connectivity index (χ4n) is 3.89. The van der Waals surface area contributed by atoms with Crippen LogP contribution in [0.1, 0.15) is 65.9 Å². The zero-order valence-corrected chi connectivity index (χ0v) is 13.7. The Hall–Kier alpha value is -1.35. The second kappa shape index (κ2) is 7.28. The third-order valence-electron chi connectivity index (χ3n) is 5.20. The summed E-state index contributed by atoms with van der Waals surface area (Å²) >= 11 is 0. The van der Waals surface area contributed by atoms with E-state index in [9.17, 15) is 4.79 Å². The number of carbonyl (C=O) groups is 1. The van der Waals surface area contributed by atoms with Gasteiger partial charge in [-0.15, -0.1) is 0 Å². The van der Waals surface area contributed by atoms with Gasteiger partial charge in [-0.25, -0.2) is 0 Å². The van der Waals surface area contributed by atoms with E-state index >= 15 is 0 Å². The Bertz CT molecular complexity index is 514. The van der Waals surface area contributed by atoms with Crippen molar-refractivity contribution in [1.82, 2.24) is 10.6 Å². The molecule has 0 unspecified atom stereocenters. The predicted molar refractivity (Wildman–Crippen MR) is 90.3 cm³/mol. The molecule has 0 spiro atoms. The lowest BCUT2D eigenvalue weighted by Gasteiger charge is -2.24. The molecule has 22 heavy (non-hydrogen) atoms. The summed E-state index contributed by atoms with van der Waals surface area (Å²) in [6.45, 7) is 5.11. The molecule has 3 rings (SSSR count). The number of benzene rings is 1. The van der Waals surface area contributed by atoms with Crippen molar-refractivity contribution < 1.29 is 4.79 Å². The lowest BCUT2D eigenvalue weighted by molar-refractivity contribution is 0.0947. The molecule has 0 aromatic heterocycles. The predicted octanol–water partition coefficient (Wildman–Crippen LogP) is 3.38. The van der Waals surface area contributed by atoms with Crippen LogP contribution in [0, 0.1) is 12.8 Å². The van der Waals surface area contributed by atoms with Crippen LogP contribution in [0.2, 0.25) is 0 Å². The minimum Gasteiger partial charge on any atom is -0.352 e. The highest BCUT2D eigenvalue weighted by Crippen LogP contribution is 2.27.